The first-order chi connectivity index (χ1) is 13.3. The minimum atomic E-state index is -1.42. The van der Waals surface area contributed by atoms with E-state index in [9.17, 15) is 14.7 Å². The van der Waals surface area contributed by atoms with Crippen LogP contribution in [-0.4, -0.2) is 22.3 Å². The minimum Gasteiger partial charge on any atom is -0.489 e. The van der Waals surface area contributed by atoms with Crippen molar-refractivity contribution in [3.8, 4) is 5.75 Å². The molecule has 0 aliphatic carbocycles. The second-order valence-corrected chi connectivity index (χ2v) is 7.10. The molecule has 0 fully saturated rings. The van der Waals surface area contributed by atoms with Crippen molar-refractivity contribution in [3.05, 3.63) is 101 Å². The lowest BCUT2D eigenvalue weighted by molar-refractivity contribution is 0.0488. The number of hydrogen-bond donors (Lipinski definition) is 1. The average molecular weight is 374 g/mol. The molecule has 0 unspecified atom stereocenters. The summed E-state index contributed by atoms with van der Waals surface area (Å²) < 4.78 is 5.77. The lowest BCUT2D eigenvalue weighted by Gasteiger charge is -2.16. The van der Waals surface area contributed by atoms with Crippen molar-refractivity contribution in [2.75, 3.05) is 0 Å². The van der Waals surface area contributed by atoms with E-state index in [4.69, 9.17) is 4.74 Å². The summed E-state index contributed by atoms with van der Waals surface area (Å²) in [5, 5.41) is 9.88. The highest BCUT2D eigenvalue weighted by Gasteiger charge is 2.25. The van der Waals surface area contributed by atoms with Gasteiger partial charge in [0.25, 0.3) is 0 Å². The zero-order chi connectivity index (χ0) is 20.1. The maximum atomic E-state index is 12.4. The molecule has 0 amide bonds. The van der Waals surface area contributed by atoms with Gasteiger partial charge in [-0.25, -0.2) is 0 Å². The molecule has 0 spiro atoms. The summed E-state index contributed by atoms with van der Waals surface area (Å²) in [7, 11) is 0. The van der Waals surface area contributed by atoms with Crippen LogP contribution in [0.15, 0.2) is 78.9 Å². The maximum absolute atomic E-state index is 12.4. The van der Waals surface area contributed by atoms with E-state index in [2.05, 4.69) is 0 Å². The number of Topliss-reactive ketones (excluding diaryl/α,β-unsaturated/α-hetero) is 1. The zero-order valence-electron chi connectivity index (χ0n) is 15.9. The monoisotopic (exact) mass is 374 g/mol. The van der Waals surface area contributed by atoms with Crippen LogP contribution in [0.1, 0.15) is 45.7 Å². The third-order valence-electron chi connectivity index (χ3n) is 4.30. The van der Waals surface area contributed by atoms with Gasteiger partial charge in [0.2, 0.25) is 0 Å². The van der Waals surface area contributed by atoms with Crippen molar-refractivity contribution in [1.82, 2.24) is 0 Å². The first kappa shape index (κ1) is 19.5. The van der Waals surface area contributed by atoms with Crippen LogP contribution in [0, 0.1) is 0 Å². The molecule has 0 radical (unpaired) electrons. The van der Waals surface area contributed by atoms with E-state index in [0.717, 1.165) is 5.56 Å². The largest absolute Gasteiger partial charge is 0.489 e. The predicted molar refractivity (Wildman–Crippen MR) is 108 cm³/mol. The molecular formula is C24H22O4. The molecule has 0 saturated heterocycles. The predicted octanol–water partition coefficient (Wildman–Crippen LogP) is 4.45. The summed E-state index contributed by atoms with van der Waals surface area (Å²) in [6, 6.07) is 23.1. The molecule has 3 aromatic carbocycles. The van der Waals surface area contributed by atoms with Gasteiger partial charge in [-0.15, -0.1) is 0 Å². The van der Waals surface area contributed by atoms with Gasteiger partial charge in [0, 0.05) is 16.7 Å². The molecular weight excluding hydrogens is 352 g/mol. The number of hydrogen-bond acceptors (Lipinski definition) is 4. The Morgan fingerprint density at radius 1 is 0.821 bits per heavy atom. The van der Waals surface area contributed by atoms with E-state index in [-0.39, 0.29) is 18.2 Å². The summed E-state index contributed by atoms with van der Waals surface area (Å²) in [5.74, 6) is 0.256. The smallest absolute Gasteiger partial charge is 0.193 e. The molecule has 1 N–H and O–H groups in total. The topological polar surface area (TPSA) is 63.6 Å². The molecule has 0 saturated carbocycles. The summed E-state index contributed by atoms with van der Waals surface area (Å²) >= 11 is 0. The van der Waals surface area contributed by atoms with E-state index >= 15 is 0 Å². The van der Waals surface area contributed by atoms with Crippen molar-refractivity contribution < 1.29 is 19.4 Å². The standard InChI is InChI=1S/C24H22O4/c1-24(2,27)23(26)20-10-6-7-17(15-20)16-28-21-13-11-19(12-14-21)22(25)18-8-4-3-5-9-18/h3-15,27H,16H2,1-2H3. The number of ketones is 2. The molecule has 28 heavy (non-hydrogen) atoms. The van der Waals surface area contributed by atoms with Crippen LogP contribution in [0.25, 0.3) is 0 Å². The van der Waals surface area contributed by atoms with Crippen LogP contribution in [0.2, 0.25) is 0 Å². The Labute approximate surface area is 164 Å². The summed E-state index contributed by atoms with van der Waals surface area (Å²) in [6.45, 7) is 3.21. The molecule has 3 rings (SSSR count). The Hall–Kier alpha value is -3.24. The van der Waals surface area contributed by atoms with Crippen molar-refractivity contribution in [3.63, 3.8) is 0 Å². The fourth-order valence-electron chi connectivity index (χ4n) is 2.78. The number of rotatable bonds is 7. The SMILES string of the molecule is CC(C)(O)C(=O)c1cccc(COc2ccc(C(=O)c3ccccc3)cc2)c1. The molecule has 3 aromatic rings. The Balaban J connectivity index is 1.66. The minimum absolute atomic E-state index is 0.0371. The number of benzene rings is 3. The number of carbonyl (C=O) groups is 2. The van der Waals surface area contributed by atoms with Crippen molar-refractivity contribution in [1.29, 1.82) is 0 Å². The molecule has 0 aliphatic heterocycles. The van der Waals surface area contributed by atoms with Gasteiger partial charge >= 0.3 is 0 Å². The second-order valence-electron chi connectivity index (χ2n) is 7.10. The van der Waals surface area contributed by atoms with E-state index in [0.29, 0.717) is 22.4 Å². The second kappa shape index (κ2) is 8.19. The highest BCUT2D eigenvalue weighted by Crippen LogP contribution is 2.18. The van der Waals surface area contributed by atoms with Gasteiger partial charge in [0.15, 0.2) is 11.6 Å². The van der Waals surface area contributed by atoms with E-state index in [1.807, 2.05) is 24.3 Å². The van der Waals surface area contributed by atoms with Crippen LogP contribution in [-0.2, 0) is 6.61 Å². The number of aliphatic hydroxyl groups is 1. The molecule has 0 aromatic heterocycles. The van der Waals surface area contributed by atoms with Gasteiger partial charge in [-0.1, -0.05) is 48.5 Å². The van der Waals surface area contributed by atoms with Gasteiger partial charge in [0.05, 0.1) is 0 Å². The summed E-state index contributed by atoms with van der Waals surface area (Å²) in [5.41, 5.74) is 1.08. The Kier molecular flexibility index (Phi) is 5.71. The van der Waals surface area contributed by atoms with Gasteiger partial charge in [-0.05, 0) is 49.7 Å². The van der Waals surface area contributed by atoms with E-state index < -0.39 is 5.60 Å². The van der Waals surface area contributed by atoms with Gasteiger partial charge in [-0.3, -0.25) is 9.59 Å². The Morgan fingerprint density at radius 3 is 2.07 bits per heavy atom. The third-order valence-corrected chi connectivity index (χ3v) is 4.30. The number of carbonyl (C=O) groups excluding carboxylic acids is 2. The average Bonchev–Trinajstić information content (AvgIpc) is 2.72. The normalized spacial score (nSPS) is 11.1. The fourth-order valence-corrected chi connectivity index (χ4v) is 2.78. The molecule has 142 valence electrons. The Bertz CT molecular complexity index is 967. The van der Waals surface area contributed by atoms with E-state index in [1.165, 1.54) is 13.8 Å². The van der Waals surface area contributed by atoms with Crippen LogP contribution in [0.4, 0.5) is 0 Å². The van der Waals surface area contributed by atoms with Gasteiger partial charge in [-0.2, -0.15) is 0 Å². The summed E-state index contributed by atoms with van der Waals surface area (Å²) in [6.07, 6.45) is 0. The van der Waals surface area contributed by atoms with Gasteiger partial charge < -0.3 is 9.84 Å². The first-order valence-corrected chi connectivity index (χ1v) is 9.03. The Morgan fingerprint density at radius 2 is 1.43 bits per heavy atom. The highest BCUT2D eigenvalue weighted by molar-refractivity contribution is 6.09. The lowest BCUT2D eigenvalue weighted by Crippen LogP contribution is -2.31. The van der Waals surface area contributed by atoms with E-state index in [1.54, 1.807) is 54.6 Å². The highest BCUT2D eigenvalue weighted by atomic mass is 16.5. The molecule has 4 nitrogen and oxygen atoms in total. The van der Waals surface area contributed by atoms with Crippen molar-refractivity contribution in [2.45, 2.75) is 26.1 Å². The number of ether oxygens (including phenoxy) is 1. The fraction of sp³-hybridized carbons (Fsp3) is 0.167. The van der Waals surface area contributed by atoms with Crippen LogP contribution < -0.4 is 4.74 Å². The zero-order valence-corrected chi connectivity index (χ0v) is 15.9. The summed E-state index contributed by atoms with van der Waals surface area (Å²) in [4.78, 5) is 24.6. The maximum Gasteiger partial charge on any atom is 0.193 e. The van der Waals surface area contributed by atoms with Crippen LogP contribution >= 0.6 is 0 Å². The molecule has 0 heterocycles. The quantitative estimate of drug-likeness (QED) is 0.621. The first-order valence-electron chi connectivity index (χ1n) is 9.03. The lowest BCUT2D eigenvalue weighted by atomic mass is 9.96. The molecule has 4 heteroatoms. The van der Waals surface area contributed by atoms with Crippen LogP contribution in [0.5, 0.6) is 5.75 Å². The van der Waals surface area contributed by atoms with Crippen molar-refractivity contribution in [2.24, 2.45) is 0 Å². The van der Waals surface area contributed by atoms with Crippen LogP contribution in [0.3, 0.4) is 0 Å². The molecule has 0 bridgehead atoms. The molecule has 0 atom stereocenters. The van der Waals surface area contributed by atoms with Gasteiger partial charge in [0.1, 0.15) is 18.0 Å². The third kappa shape index (κ3) is 4.72. The van der Waals surface area contributed by atoms with Crippen molar-refractivity contribution >= 4 is 11.6 Å². The molecule has 0 aliphatic rings.